The number of aromatic nitrogens is 2. The molecule has 2 heterocycles. The van der Waals surface area contributed by atoms with Gasteiger partial charge in [0.05, 0.1) is 11.0 Å². The van der Waals surface area contributed by atoms with Crippen LogP contribution >= 0.6 is 0 Å². The molecular weight excluding hydrogens is 302 g/mol. The molecule has 0 aromatic carbocycles. The normalized spacial score (nSPS) is 22.5. The summed E-state index contributed by atoms with van der Waals surface area (Å²) >= 11 is 0. The first kappa shape index (κ1) is 15.5. The summed E-state index contributed by atoms with van der Waals surface area (Å²) in [6, 6.07) is 0.0726. The van der Waals surface area contributed by atoms with Gasteiger partial charge in [0.2, 0.25) is 5.91 Å². The molecule has 1 amide bonds. The maximum Gasteiger partial charge on any atom is 0.221 e. The van der Waals surface area contributed by atoms with Gasteiger partial charge in [0.15, 0.2) is 9.84 Å². The lowest BCUT2D eigenvalue weighted by Gasteiger charge is -2.24. The molecule has 0 bridgehead atoms. The zero-order valence-corrected chi connectivity index (χ0v) is 13.5. The van der Waals surface area contributed by atoms with Crippen LogP contribution in [0.15, 0.2) is 12.4 Å². The molecular formula is C15H23N3O3S. The second kappa shape index (κ2) is 6.40. The van der Waals surface area contributed by atoms with Crippen molar-refractivity contribution in [1.82, 2.24) is 14.9 Å². The Labute approximate surface area is 131 Å². The highest BCUT2D eigenvalue weighted by Gasteiger charge is 2.29. The van der Waals surface area contributed by atoms with E-state index in [1.807, 2.05) is 10.8 Å². The molecule has 22 heavy (non-hydrogen) atoms. The van der Waals surface area contributed by atoms with Gasteiger partial charge >= 0.3 is 0 Å². The fourth-order valence-electron chi connectivity index (χ4n) is 3.43. The first-order valence-corrected chi connectivity index (χ1v) is 9.77. The first-order valence-electron chi connectivity index (χ1n) is 8.05. The highest BCUT2D eigenvalue weighted by atomic mass is 32.2. The van der Waals surface area contributed by atoms with Crippen LogP contribution in [0.1, 0.15) is 44.3 Å². The SMILES string of the molecule is O=C(CCS(=O)(=O)C1CCCC1)N[C@H]1CCc2nccn2C1. The summed E-state index contributed by atoms with van der Waals surface area (Å²) in [5.41, 5.74) is 0. The number of carbonyl (C=O) groups excluding carboxylic acids is 1. The van der Waals surface area contributed by atoms with Gasteiger partial charge in [-0.1, -0.05) is 12.8 Å². The smallest absolute Gasteiger partial charge is 0.221 e. The molecule has 0 radical (unpaired) electrons. The van der Waals surface area contributed by atoms with E-state index >= 15 is 0 Å². The van der Waals surface area contributed by atoms with Crippen LogP contribution in [0, 0.1) is 0 Å². The Morgan fingerprint density at radius 3 is 2.86 bits per heavy atom. The summed E-state index contributed by atoms with van der Waals surface area (Å²) in [6.07, 6.45) is 8.97. The number of nitrogens with zero attached hydrogens (tertiary/aromatic N) is 2. The highest BCUT2D eigenvalue weighted by Crippen LogP contribution is 2.25. The van der Waals surface area contributed by atoms with E-state index in [2.05, 4.69) is 10.3 Å². The number of rotatable bonds is 5. The summed E-state index contributed by atoms with van der Waals surface area (Å²) < 4.78 is 26.4. The fraction of sp³-hybridized carbons (Fsp3) is 0.733. The number of carbonyl (C=O) groups is 1. The quantitative estimate of drug-likeness (QED) is 0.878. The minimum absolute atomic E-state index is 0.0213. The van der Waals surface area contributed by atoms with Crippen molar-refractivity contribution in [2.24, 2.45) is 0 Å². The lowest BCUT2D eigenvalue weighted by Crippen LogP contribution is -2.41. The molecule has 0 unspecified atom stereocenters. The van der Waals surface area contributed by atoms with Crippen LogP contribution in [0.5, 0.6) is 0 Å². The molecule has 1 aromatic heterocycles. The number of fused-ring (bicyclic) bond motifs is 1. The van der Waals surface area contributed by atoms with Crippen LogP contribution in [0.4, 0.5) is 0 Å². The van der Waals surface area contributed by atoms with Gasteiger partial charge in [-0.15, -0.1) is 0 Å². The van der Waals surface area contributed by atoms with Crippen molar-refractivity contribution in [3.63, 3.8) is 0 Å². The lowest BCUT2D eigenvalue weighted by molar-refractivity contribution is -0.121. The zero-order valence-electron chi connectivity index (χ0n) is 12.7. The van der Waals surface area contributed by atoms with E-state index < -0.39 is 9.84 Å². The molecule has 1 aliphatic carbocycles. The van der Waals surface area contributed by atoms with Gasteiger partial charge in [-0.25, -0.2) is 13.4 Å². The molecule has 122 valence electrons. The molecule has 2 aliphatic rings. The van der Waals surface area contributed by atoms with Gasteiger partial charge in [0, 0.05) is 37.8 Å². The predicted octanol–water partition coefficient (Wildman–Crippen LogP) is 1.06. The van der Waals surface area contributed by atoms with E-state index in [0.717, 1.165) is 50.9 Å². The lowest BCUT2D eigenvalue weighted by atomic mass is 10.1. The van der Waals surface area contributed by atoms with Crippen molar-refractivity contribution < 1.29 is 13.2 Å². The second-order valence-electron chi connectivity index (χ2n) is 6.32. The van der Waals surface area contributed by atoms with Gasteiger partial charge in [-0.2, -0.15) is 0 Å². The Morgan fingerprint density at radius 1 is 1.32 bits per heavy atom. The Morgan fingerprint density at radius 2 is 2.09 bits per heavy atom. The number of amides is 1. The van der Waals surface area contributed by atoms with Crippen molar-refractivity contribution in [1.29, 1.82) is 0 Å². The Kier molecular flexibility index (Phi) is 4.52. The number of hydrogen-bond acceptors (Lipinski definition) is 4. The zero-order chi connectivity index (χ0) is 15.6. The first-order chi connectivity index (χ1) is 10.5. The van der Waals surface area contributed by atoms with Crippen molar-refractivity contribution in [2.75, 3.05) is 5.75 Å². The molecule has 1 atom stereocenters. The van der Waals surface area contributed by atoms with Crippen molar-refractivity contribution in [2.45, 2.75) is 62.8 Å². The molecule has 6 nitrogen and oxygen atoms in total. The Hall–Kier alpha value is -1.37. The number of sulfone groups is 1. The topological polar surface area (TPSA) is 81.1 Å². The maximum absolute atomic E-state index is 12.2. The van der Waals surface area contributed by atoms with Crippen LogP contribution in [0.2, 0.25) is 0 Å². The third kappa shape index (κ3) is 3.51. The number of hydrogen-bond donors (Lipinski definition) is 1. The molecule has 3 rings (SSSR count). The molecule has 0 spiro atoms. The third-order valence-corrected chi connectivity index (χ3v) is 6.98. The van der Waals surface area contributed by atoms with E-state index in [9.17, 15) is 13.2 Å². The molecule has 0 saturated heterocycles. The minimum atomic E-state index is -3.11. The van der Waals surface area contributed by atoms with Crippen LogP contribution < -0.4 is 5.32 Å². The second-order valence-corrected chi connectivity index (χ2v) is 8.72. The maximum atomic E-state index is 12.2. The monoisotopic (exact) mass is 325 g/mol. The third-order valence-electron chi connectivity index (χ3n) is 4.72. The molecule has 1 fully saturated rings. The number of nitrogens with one attached hydrogen (secondary N) is 1. The van der Waals surface area contributed by atoms with Gasteiger partial charge < -0.3 is 9.88 Å². The fourth-order valence-corrected chi connectivity index (χ4v) is 5.29. The highest BCUT2D eigenvalue weighted by molar-refractivity contribution is 7.92. The average molecular weight is 325 g/mol. The van der Waals surface area contributed by atoms with Crippen LogP contribution in [0.3, 0.4) is 0 Å². The van der Waals surface area contributed by atoms with E-state index in [-0.39, 0.29) is 29.4 Å². The van der Waals surface area contributed by atoms with Crippen molar-refractivity contribution >= 4 is 15.7 Å². The van der Waals surface area contributed by atoms with Crippen LogP contribution in [-0.4, -0.2) is 40.9 Å². The van der Waals surface area contributed by atoms with Gasteiger partial charge in [0.1, 0.15) is 5.82 Å². The molecule has 1 N–H and O–H groups in total. The van der Waals surface area contributed by atoms with Gasteiger partial charge in [-0.3, -0.25) is 4.79 Å². The van der Waals surface area contributed by atoms with Gasteiger partial charge in [-0.05, 0) is 19.3 Å². The van der Waals surface area contributed by atoms with E-state index in [0.29, 0.717) is 0 Å². The molecule has 1 saturated carbocycles. The van der Waals surface area contributed by atoms with E-state index in [1.165, 1.54) is 0 Å². The molecule has 7 heteroatoms. The summed E-state index contributed by atoms with van der Waals surface area (Å²) in [6.45, 7) is 0.719. The molecule has 1 aliphatic heterocycles. The summed E-state index contributed by atoms with van der Waals surface area (Å²) in [5.74, 6) is 0.872. The molecule has 1 aromatic rings. The Balaban J connectivity index is 1.47. The predicted molar refractivity (Wildman–Crippen MR) is 83.1 cm³/mol. The van der Waals surface area contributed by atoms with Crippen LogP contribution in [0.25, 0.3) is 0 Å². The summed E-state index contributed by atoms with van der Waals surface area (Å²) in [7, 11) is -3.11. The minimum Gasteiger partial charge on any atom is -0.352 e. The van der Waals surface area contributed by atoms with Crippen LogP contribution in [-0.2, 0) is 27.6 Å². The average Bonchev–Trinajstić information content (AvgIpc) is 3.16. The Bertz CT molecular complexity index is 632. The van der Waals surface area contributed by atoms with E-state index in [1.54, 1.807) is 6.20 Å². The largest absolute Gasteiger partial charge is 0.352 e. The van der Waals surface area contributed by atoms with Crippen molar-refractivity contribution in [3.8, 4) is 0 Å². The van der Waals surface area contributed by atoms with Gasteiger partial charge in [0.25, 0.3) is 0 Å². The standard InChI is InChI=1S/C15H23N3O3S/c19-15(7-10-22(20,21)13-3-1-2-4-13)17-12-5-6-14-16-8-9-18(14)11-12/h8-9,12-13H,1-7,10-11H2,(H,17,19)/t12-/m0/s1. The number of imidazole rings is 1. The number of aryl methyl sites for hydroxylation is 1. The summed E-state index contributed by atoms with van der Waals surface area (Å²) in [4.78, 5) is 16.3. The summed E-state index contributed by atoms with van der Waals surface area (Å²) in [5, 5.41) is 2.74. The van der Waals surface area contributed by atoms with E-state index in [4.69, 9.17) is 0 Å². The van der Waals surface area contributed by atoms with Crippen molar-refractivity contribution in [3.05, 3.63) is 18.2 Å².